The van der Waals surface area contributed by atoms with Crippen LogP contribution in [-0.2, 0) is 14.3 Å². The lowest BCUT2D eigenvalue weighted by molar-refractivity contribution is -0.150. The molecule has 164 valence electrons. The van der Waals surface area contributed by atoms with Crippen LogP contribution >= 0.6 is 0 Å². The van der Waals surface area contributed by atoms with Crippen LogP contribution in [0, 0.1) is 0 Å². The summed E-state index contributed by atoms with van der Waals surface area (Å²) in [6.45, 7) is 1.31. The Hall–Kier alpha value is -2.93. The van der Waals surface area contributed by atoms with E-state index in [1.165, 1.54) is 7.11 Å². The number of hydrogen-bond acceptors (Lipinski definition) is 6. The lowest BCUT2D eigenvalue weighted by Gasteiger charge is -2.22. The van der Waals surface area contributed by atoms with E-state index in [-0.39, 0.29) is 18.6 Å². The van der Waals surface area contributed by atoms with Gasteiger partial charge in [0.1, 0.15) is 12.1 Å². The first kappa shape index (κ1) is 21.3. The number of fused-ring (bicyclic) bond motifs is 3. The number of nitrogens with zero attached hydrogens (tertiary/aromatic N) is 2. The van der Waals surface area contributed by atoms with Gasteiger partial charge >= 0.3 is 5.97 Å². The van der Waals surface area contributed by atoms with Crippen LogP contribution in [0.3, 0.4) is 0 Å². The monoisotopic (exact) mass is 423 g/mol. The molecule has 7 heteroatoms. The van der Waals surface area contributed by atoms with Crippen LogP contribution in [0.25, 0.3) is 16.8 Å². The van der Waals surface area contributed by atoms with Gasteiger partial charge in [-0.3, -0.25) is 4.79 Å². The van der Waals surface area contributed by atoms with E-state index in [9.17, 15) is 9.59 Å². The van der Waals surface area contributed by atoms with Gasteiger partial charge in [-0.2, -0.15) is 0 Å². The van der Waals surface area contributed by atoms with Crippen molar-refractivity contribution in [1.29, 1.82) is 0 Å². The average molecular weight is 424 g/mol. The Morgan fingerprint density at radius 3 is 3.03 bits per heavy atom. The van der Waals surface area contributed by atoms with Gasteiger partial charge in [0.15, 0.2) is 0 Å². The Labute approximate surface area is 182 Å². The van der Waals surface area contributed by atoms with Crippen molar-refractivity contribution in [3.63, 3.8) is 0 Å². The number of rotatable bonds is 1. The summed E-state index contributed by atoms with van der Waals surface area (Å²) < 4.78 is 11.2. The first-order chi connectivity index (χ1) is 15.2. The summed E-state index contributed by atoms with van der Waals surface area (Å²) in [6.07, 6.45) is 10.4. The molecule has 2 aromatic rings. The second-order valence-electron chi connectivity index (χ2n) is 8.09. The molecule has 1 amide bonds. The third kappa shape index (κ3) is 5.05. The lowest BCUT2D eigenvalue weighted by atomic mass is 10.1. The number of aromatic nitrogens is 1. The largest absolute Gasteiger partial charge is 0.472 e. The van der Waals surface area contributed by atoms with Crippen LogP contribution in [0.2, 0.25) is 0 Å². The molecule has 1 fully saturated rings. The van der Waals surface area contributed by atoms with E-state index in [1.807, 2.05) is 6.07 Å². The Morgan fingerprint density at radius 2 is 2.16 bits per heavy atom. The molecular weight excluding hydrogens is 394 g/mol. The third-order valence-electron chi connectivity index (χ3n) is 5.90. The van der Waals surface area contributed by atoms with Crippen molar-refractivity contribution >= 4 is 28.7 Å². The average Bonchev–Trinajstić information content (AvgIpc) is 3.21. The van der Waals surface area contributed by atoms with Crippen LogP contribution in [-0.4, -0.2) is 60.7 Å². The smallest absolute Gasteiger partial charge is 0.328 e. The summed E-state index contributed by atoms with van der Waals surface area (Å²) in [5.41, 5.74) is 1.10. The second-order valence-corrected chi connectivity index (χ2v) is 8.09. The molecule has 1 saturated heterocycles. The van der Waals surface area contributed by atoms with Crippen LogP contribution < -0.4 is 10.1 Å². The maximum Gasteiger partial charge on any atom is 0.328 e. The van der Waals surface area contributed by atoms with E-state index in [2.05, 4.69) is 40.7 Å². The van der Waals surface area contributed by atoms with E-state index < -0.39 is 12.0 Å². The number of methoxy groups -OCH3 is 1. The van der Waals surface area contributed by atoms with Crippen LogP contribution in [0.5, 0.6) is 5.88 Å². The molecule has 1 aromatic heterocycles. The van der Waals surface area contributed by atoms with Gasteiger partial charge in [-0.25, -0.2) is 9.78 Å². The molecule has 0 aliphatic carbocycles. The van der Waals surface area contributed by atoms with Crippen LogP contribution in [0.4, 0.5) is 0 Å². The summed E-state index contributed by atoms with van der Waals surface area (Å²) in [4.78, 5) is 31.2. The zero-order valence-corrected chi connectivity index (χ0v) is 17.9. The van der Waals surface area contributed by atoms with E-state index in [0.29, 0.717) is 18.8 Å². The number of esters is 1. The highest BCUT2D eigenvalue weighted by atomic mass is 16.5. The zero-order valence-electron chi connectivity index (χ0n) is 17.9. The summed E-state index contributed by atoms with van der Waals surface area (Å²) in [5, 5.41) is 5.17. The normalized spacial score (nSPS) is 22.7. The molecule has 0 saturated carbocycles. The van der Waals surface area contributed by atoms with Crippen molar-refractivity contribution in [2.24, 2.45) is 0 Å². The maximum atomic E-state index is 12.8. The SMILES string of the molecule is COC(=O)[C@@H]1C[C@@H]2CN1C(=O)CNCCCCCC=Cc1ccc3ccnc(c3c1)O2. The lowest BCUT2D eigenvalue weighted by Crippen LogP contribution is -2.45. The number of carbonyl (C=O) groups excluding carboxylic acids is 2. The molecule has 2 aliphatic rings. The number of allylic oxidation sites excluding steroid dienone is 1. The fourth-order valence-electron chi connectivity index (χ4n) is 4.24. The van der Waals surface area contributed by atoms with Crippen molar-refractivity contribution in [3.8, 4) is 5.88 Å². The van der Waals surface area contributed by atoms with Crippen LogP contribution in [0.1, 0.15) is 37.7 Å². The molecule has 0 radical (unpaired) electrons. The van der Waals surface area contributed by atoms with Gasteiger partial charge in [0.2, 0.25) is 11.8 Å². The van der Waals surface area contributed by atoms with Crippen molar-refractivity contribution in [2.75, 3.05) is 26.7 Å². The minimum Gasteiger partial charge on any atom is -0.472 e. The van der Waals surface area contributed by atoms with Gasteiger partial charge in [-0.05, 0) is 48.9 Å². The number of ether oxygens (including phenoxy) is 2. The second kappa shape index (κ2) is 9.92. The summed E-state index contributed by atoms with van der Waals surface area (Å²) in [7, 11) is 1.35. The van der Waals surface area contributed by atoms with E-state index in [0.717, 1.165) is 48.6 Å². The molecule has 4 rings (SSSR count). The van der Waals surface area contributed by atoms with Gasteiger partial charge in [0.05, 0.1) is 20.2 Å². The van der Waals surface area contributed by atoms with E-state index >= 15 is 0 Å². The molecule has 2 atom stereocenters. The molecule has 4 bridgehead atoms. The highest BCUT2D eigenvalue weighted by Crippen LogP contribution is 2.29. The van der Waals surface area contributed by atoms with Gasteiger partial charge in [-0.1, -0.05) is 30.7 Å². The van der Waals surface area contributed by atoms with Gasteiger partial charge in [0.25, 0.3) is 0 Å². The topological polar surface area (TPSA) is 80.8 Å². The van der Waals surface area contributed by atoms with Gasteiger partial charge in [0, 0.05) is 18.0 Å². The molecule has 0 unspecified atom stereocenters. The van der Waals surface area contributed by atoms with Crippen molar-refractivity contribution < 1.29 is 19.1 Å². The standard InChI is InChI=1S/C24H29N3O4/c1-30-24(29)21-14-19-16-27(21)22(28)15-25-11-6-4-2-3-5-7-17-8-9-18-10-12-26-23(31-19)20(18)13-17/h5,7-10,12-13,19,21,25H,2-4,6,11,14-16H2,1H3/t19-,21+/m1/s1. The summed E-state index contributed by atoms with van der Waals surface area (Å²) >= 11 is 0. The highest BCUT2D eigenvalue weighted by molar-refractivity contribution is 5.89. The highest BCUT2D eigenvalue weighted by Gasteiger charge is 2.41. The molecule has 7 nitrogen and oxygen atoms in total. The molecule has 2 aliphatic heterocycles. The number of pyridine rings is 1. The first-order valence-corrected chi connectivity index (χ1v) is 11.0. The van der Waals surface area contributed by atoms with Crippen molar-refractivity contribution in [1.82, 2.24) is 15.2 Å². The fourth-order valence-corrected chi connectivity index (χ4v) is 4.24. The third-order valence-corrected chi connectivity index (χ3v) is 5.90. The molecule has 31 heavy (non-hydrogen) atoms. The Morgan fingerprint density at radius 1 is 1.26 bits per heavy atom. The zero-order chi connectivity index (χ0) is 21.6. The summed E-state index contributed by atoms with van der Waals surface area (Å²) in [5.74, 6) is -0.00253. The Bertz CT molecular complexity index is 974. The molecular formula is C24H29N3O4. The number of nitrogens with one attached hydrogen (secondary N) is 1. The van der Waals surface area contributed by atoms with E-state index in [1.54, 1.807) is 11.1 Å². The van der Waals surface area contributed by atoms with Crippen LogP contribution in [0.15, 0.2) is 36.5 Å². The molecule has 0 spiro atoms. The number of benzene rings is 1. The predicted molar refractivity (Wildman–Crippen MR) is 119 cm³/mol. The van der Waals surface area contributed by atoms with Crippen molar-refractivity contribution in [2.45, 2.75) is 44.2 Å². The predicted octanol–water partition coefficient (Wildman–Crippen LogP) is 2.93. The number of carbonyl (C=O) groups is 2. The quantitative estimate of drug-likeness (QED) is 0.711. The minimum absolute atomic E-state index is 0.112. The fraction of sp³-hybridized carbons (Fsp3) is 0.458. The Balaban J connectivity index is 1.64. The van der Waals surface area contributed by atoms with Gasteiger partial charge in [-0.15, -0.1) is 0 Å². The van der Waals surface area contributed by atoms with Gasteiger partial charge < -0.3 is 19.7 Å². The van der Waals surface area contributed by atoms with E-state index in [4.69, 9.17) is 9.47 Å². The number of hydrogen-bond donors (Lipinski definition) is 1. The van der Waals surface area contributed by atoms with Crippen molar-refractivity contribution in [3.05, 3.63) is 42.1 Å². The minimum atomic E-state index is -0.639. The number of amides is 1. The maximum absolute atomic E-state index is 12.8. The molecule has 3 heterocycles. The molecule has 1 aromatic carbocycles. The summed E-state index contributed by atoms with van der Waals surface area (Å²) in [6, 6.07) is 7.55. The molecule has 1 N–H and O–H groups in total. The Kier molecular flexibility index (Phi) is 6.82. The first-order valence-electron chi connectivity index (χ1n) is 11.0.